The lowest BCUT2D eigenvalue weighted by Crippen LogP contribution is -2.31. The van der Waals surface area contributed by atoms with Gasteiger partial charge in [0.2, 0.25) is 11.7 Å². The number of hydrogen-bond donors (Lipinski definition) is 1. The summed E-state index contributed by atoms with van der Waals surface area (Å²) in [5, 5.41) is 7.58. The first-order valence-corrected chi connectivity index (χ1v) is 7.72. The highest BCUT2D eigenvalue weighted by Crippen LogP contribution is 2.15. The lowest BCUT2D eigenvalue weighted by molar-refractivity contribution is 0.350. The average molecular weight is 288 g/mol. The molecule has 0 amide bonds. The van der Waals surface area contributed by atoms with Crippen LogP contribution in [0.1, 0.15) is 44.6 Å². The van der Waals surface area contributed by atoms with Crippen LogP contribution in [-0.4, -0.2) is 27.7 Å². The van der Waals surface area contributed by atoms with Gasteiger partial charge in [0.25, 0.3) is 0 Å². The molecule has 0 radical (unpaired) electrons. The van der Waals surface area contributed by atoms with E-state index < -0.39 is 0 Å². The molecule has 114 valence electrons. The molecule has 2 aromatic heterocycles. The van der Waals surface area contributed by atoms with Crippen LogP contribution in [0.2, 0.25) is 0 Å². The Morgan fingerprint density at radius 3 is 2.86 bits per heavy atom. The number of nitrogens with one attached hydrogen (secondary N) is 1. The normalized spacial score (nSPS) is 12.5. The van der Waals surface area contributed by atoms with Gasteiger partial charge in [0.15, 0.2) is 0 Å². The third-order valence-corrected chi connectivity index (χ3v) is 3.35. The average Bonchev–Trinajstić information content (AvgIpc) is 2.93. The van der Waals surface area contributed by atoms with Crippen molar-refractivity contribution >= 4 is 0 Å². The highest BCUT2D eigenvalue weighted by atomic mass is 16.5. The molecule has 2 rings (SSSR count). The lowest BCUT2D eigenvalue weighted by atomic mass is 10.1. The Morgan fingerprint density at radius 2 is 2.14 bits per heavy atom. The van der Waals surface area contributed by atoms with Crippen molar-refractivity contribution in [2.45, 2.75) is 52.5 Å². The van der Waals surface area contributed by atoms with E-state index in [-0.39, 0.29) is 0 Å². The zero-order valence-electron chi connectivity index (χ0n) is 13.1. The number of rotatable bonds is 8. The largest absolute Gasteiger partial charge is 0.339 e. The second kappa shape index (κ2) is 7.88. The molecule has 2 aromatic rings. The van der Waals surface area contributed by atoms with E-state index in [1.165, 1.54) is 0 Å². The number of aryl methyl sites for hydroxylation is 1. The van der Waals surface area contributed by atoms with E-state index >= 15 is 0 Å². The third kappa shape index (κ3) is 4.63. The number of pyridine rings is 1. The van der Waals surface area contributed by atoms with Gasteiger partial charge < -0.3 is 9.84 Å². The first-order valence-electron chi connectivity index (χ1n) is 7.72. The van der Waals surface area contributed by atoms with Crippen molar-refractivity contribution in [3.8, 4) is 11.5 Å². The molecule has 0 aliphatic rings. The maximum atomic E-state index is 5.37. The summed E-state index contributed by atoms with van der Waals surface area (Å²) < 4.78 is 5.37. The second-order valence-electron chi connectivity index (χ2n) is 5.37. The highest BCUT2D eigenvalue weighted by Gasteiger charge is 2.15. The summed E-state index contributed by atoms with van der Waals surface area (Å²) in [5.41, 5.74) is 1.90. The van der Waals surface area contributed by atoms with Gasteiger partial charge in [0, 0.05) is 18.7 Å². The van der Waals surface area contributed by atoms with E-state index in [0.717, 1.165) is 43.5 Å². The first-order chi connectivity index (χ1) is 10.2. The molecule has 0 aromatic carbocycles. The minimum atomic E-state index is 0.397. The summed E-state index contributed by atoms with van der Waals surface area (Å²) >= 11 is 0. The van der Waals surface area contributed by atoms with Crippen molar-refractivity contribution in [1.82, 2.24) is 20.4 Å². The fourth-order valence-corrected chi connectivity index (χ4v) is 2.28. The van der Waals surface area contributed by atoms with Crippen LogP contribution >= 0.6 is 0 Å². The molecule has 0 saturated heterocycles. The summed E-state index contributed by atoms with van der Waals surface area (Å²) in [5.74, 6) is 1.25. The summed E-state index contributed by atoms with van der Waals surface area (Å²) in [4.78, 5) is 8.76. The summed E-state index contributed by atoms with van der Waals surface area (Å²) in [7, 11) is 0. The molecule has 5 heteroatoms. The molecule has 5 nitrogen and oxygen atoms in total. The number of nitrogens with zero attached hydrogens (tertiary/aromatic N) is 3. The van der Waals surface area contributed by atoms with Crippen LogP contribution in [0, 0.1) is 6.92 Å². The van der Waals surface area contributed by atoms with Crippen LogP contribution in [0.5, 0.6) is 0 Å². The van der Waals surface area contributed by atoms with Crippen LogP contribution in [0.25, 0.3) is 11.5 Å². The smallest absolute Gasteiger partial charge is 0.228 e. The van der Waals surface area contributed by atoms with Crippen molar-refractivity contribution in [3.05, 3.63) is 29.8 Å². The van der Waals surface area contributed by atoms with E-state index in [1.807, 2.05) is 19.1 Å². The molecule has 0 saturated carbocycles. The lowest BCUT2D eigenvalue weighted by Gasteiger charge is -2.15. The fourth-order valence-electron chi connectivity index (χ4n) is 2.28. The van der Waals surface area contributed by atoms with Gasteiger partial charge in [-0.15, -0.1) is 0 Å². The molecule has 2 heterocycles. The Balaban J connectivity index is 2.04. The van der Waals surface area contributed by atoms with Crippen molar-refractivity contribution < 1.29 is 4.52 Å². The fraction of sp³-hybridized carbons (Fsp3) is 0.562. The SMILES string of the molecule is CCCNC(CCC)Cc1nc(-c2cc(C)ccn2)no1. The van der Waals surface area contributed by atoms with Crippen LogP contribution in [0.15, 0.2) is 22.9 Å². The van der Waals surface area contributed by atoms with Gasteiger partial charge in [0.05, 0.1) is 0 Å². The zero-order valence-corrected chi connectivity index (χ0v) is 13.1. The molecule has 1 atom stereocenters. The van der Waals surface area contributed by atoms with Gasteiger partial charge in [-0.1, -0.05) is 25.4 Å². The highest BCUT2D eigenvalue weighted by molar-refractivity contribution is 5.48. The zero-order chi connectivity index (χ0) is 15.1. The van der Waals surface area contributed by atoms with Crippen molar-refractivity contribution in [3.63, 3.8) is 0 Å². The quantitative estimate of drug-likeness (QED) is 0.808. The molecule has 21 heavy (non-hydrogen) atoms. The van der Waals surface area contributed by atoms with Crippen molar-refractivity contribution in [2.75, 3.05) is 6.54 Å². The Kier molecular flexibility index (Phi) is 5.87. The van der Waals surface area contributed by atoms with E-state index in [1.54, 1.807) is 6.20 Å². The van der Waals surface area contributed by atoms with E-state index in [2.05, 4.69) is 34.3 Å². The van der Waals surface area contributed by atoms with Crippen molar-refractivity contribution in [2.24, 2.45) is 0 Å². The Bertz CT molecular complexity index is 553. The van der Waals surface area contributed by atoms with Crippen molar-refractivity contribution in [1.29, 1.82) is 0 Å². The number of aromatic nitrogens is 3. The number of hydrogen-bond acceptors (Lipinski definition) is 5. The Morgan fingerprint density at radius 1 is 1.29 bits per heavy atom. The van der Waals surface area contributed by atoms with Crippen LogP contribution < -0.4 is 5.32 Å². The Labute approximate surface area is 126 Å². The third-order valence-electron chi connectivity index (χ3n) is 3.35. The van der Waals surface area contributed by atoms with Crippen LogP contribution in [0.3, 0.4) is 0 Å². The summed E-state index contributed by atoms with van der Waals surface area (Å²) in [6, 6.07) is 4.32. The summed E-state index contributed by atoms with van der Waals surface area (Å²) in [6.45, 7) is 7.41. The maximum Gasteiger partial charge on any atom is 0.228 e. The molecular weight excluding hydrogens is 264 g/mol. The van der Waals surface area contributed by atoms with Gasteiger partial charge >= 0.3 is 0 Å². The van der Waals surface area contributed by atoms with Gasteiger partial charge in [-0.05, 0) is 44.0 Å². The molecular formula is C16H24N4O. The van der Waals surface area contributed by atoms with Gasteiger partial charge in [-0.2, -0.15) is 4.98 Å². The van der Waals surface area contributed by atoms with E-state index in [4.69, 9.17) is 4.52 Å². The van der Waals surface area contributed by atoms with E-state index in [9.17, 15) is 0 Å². The molecule has 0 spiro atoms. The topological polar surface area (TPSA) is 63.8 Å². The maximum absolute atomic E-state index is 5.37. The van der Waals surface area contributed by atoms with Crippen LogP contribution in [0.4, 0.5) is 0 Å². The summed E-state index contributed by atoms with van der Waals surface area (Å²) in [6.07, 6.45) is 5.92. The molecule has 0 fully saturated rings. The predicted molar refractivity (Wildman–Crippen MR) is 83.0 cm³/mol. The first kappa shape index (κ1) is 15.6. The van der Waals surface area contributed by atoms with E-state index in [0.29, 0.717) is 17.8 Å². The standard InChI is InChI=1S/C16H24N4O/c1-4-6-13(17-8-5-2)11-15-19-16(20-21-15)14-10-12(3)7-9-18-14/h7,9-10,13,17H,4-6,8,11H2,1-3H3. The van der Waals surface area contributed by atoms with Gasteiger partial charge in [-0.3, -0.25) is 4.98 Å². The molecule has 0 aliphatic carbocycles. The minimum absolute atomic E-state index is 0.397. The molecule has 1 N–H and O–H groups in total. The van der Waals surface area contributed by atoms with Crippen LogP contribution in [-0.2, 0) is 6.42 Å². The molecule has 0 aliphatic heterocycles. The predicted octanol–water partition coefficient (Wildman–Crippen LogP) is 3.15. The molecule has 1 unspecified atom stereocenters. The molecule has 0 bridgehead atoms. The monoisotopic (exact) mass is 288 g/mol. The Hall–Kier alpha value is -1.75. The van der Waals surface area contributed by atoms with Gasteiger partial charge in [0.1, 0.15) is 5.69 Å². The van der Waals surface area contributed by atoms with Gasteiger partial charge in [-0.25, -0.2) is 0 Å². The second-order valence-corrected chi connectivity index (χ2v) is 5.37. The minimum Gasteiger partial charge on any atom is -0.339 e.